The summed E-state index contributed by atoms with van der Waals surface area (Å²) in [5.74, 6) is 0.552. The largest absolute Gasteiger partial charge is 0.305 e. The smallest absolute Gasteiger partial charge is 0.132 e. The third kappa shape index (κ3) is 2.18. The first-order chi connectivity index (χ1) is 5.04. The monoisotopic (exact) mass is 214 g/mol. The Hall–Kier alpha value is -0.0600. The number of hydrogen-bond donors (Lipinski definition) is 0. The number of hydrogen-bond acceptors (Lipinski definition) is 3. The van der Waals surface area contributed by atoms with E-state index in [4.69, 9.17) is 34.8 Å². The molecule has 7 heteroatoms. The van der Waals surface area contributed by atoms with Crippen molar-refractivity contribution in [2.45, 2.75) is 17.3 Å². The van der Waals surface area contributed by atoms with Gasteiger partial charge < -0.3 is 0 Å². The summed E-state index contributed by atoms with van der Waals surface area (Å²) in [7, 11) is 0. The van der Waals surface area contributed by atoms with Gasteiger partial charge in [0.25, 0.3) is 0 Å². The Morgan fingerprint density at radius 2 is 2.09 bits per heavy atom. The number of halogens is 3. The summed E-state index contributed by atoms with van der Waals surface area (Å²) in [6.07, 6.45) is 0.667. The molecule has 0 fully saturated rings. The van der Waals surface area contributed by atoms with Crippen molar-refractivity contribution in [2.24, 2.45) is 0 Å². The van der Waals surface area contributed by atoms with Gasteiger partial charge in [-0.2, -0.15) is 0 Å². The fourth-order valence-electron chi connectivity index (χ4n) is 0.492. The van der Waals surface area contributed by atoms with Crippen LogP contribution in [0.15, 0.2) is 0 Å². The fraction of sp³-hybridized carbons (Fsp3) is 0.750. The van der Waals surface area contributed by atoms with Crippen molar-refractivity contribution in [3.8, 4) is 0 Å². The molecule has 0 aromatic carbocycles. The number of rotatable bonds is 1. The molecule has 62 valence electrons. The summed E-state index contributed by atoms with van der Waals surface area (Å²) in [5.41, 5.74) is 0. The number of nitrogens with zero attached hydrogens (tertiary/aromatic N) is 4. The Balaban J connectivity index is 2.89. The Morgan fingerprint density at radius 3 is 2.36 bits per heavy atom. The lowest BCUT2D eigenvalue weighted by molar-refractivity contribution is 0.558. The minimum atomic E-state index is -1.64. The van der Waals surface area contributed by atoms with Crippen molar-refractivity contribution in [2.75, 3.05) is 0 Å². The molecule has 4 nitrogen and oxygen atoms in total. The van der Waals surface area contributed by atoms with Gasteiger partial charge in [-0.05, 0) is 5.21 Å². The molecule has 0 amide bonds. The summed E-state index contributed by atoms with van der Waals surface area (Å²) in [6.45, 7) is 1.89. The highest BCUT2D eigenvalue weighted by molar-refractivity contribution is 6.64. The predicted octanol–water partition coefficient (Wildman–Crippen LogP) is 1.52. The zero-order valence-corrected chi connectivity index (χ0v) is 7.90. The Labute approximate surface area is 78.4 Å². The van der Waals surface area contributed by atoms with Crippen LogP contribution in [-0.4, -0.2) is 20.2 Å². The van der Waals surface area contributed by atoms with Crippen molar-refractivity contribution in [3.63, 3.8) is 0 Å². The quantitative estimate of drug-likeness (QED) is 0.667. The van der Waals surface area contributed by atoms with Crippen LogP contribution in [-0.2, 0) is 10.3 Å². The molecule has 0 atom stereocenters. The molecule has 0 aliphatic rings. The molecule has 0 N–H and O–H groups in total. The highest BCUT2D eigenvalue weighted by Crippen LogP contribution is 2.29. The van der Waals surface area contributed by atoms with E-state index in [-0.39, 0.29) is 0 Å². The second-order valence-corrected chi connectivity index (χ2v) is 4.04. The van der Waals surface area contributed by atoms with Gasteiger partial charge in [0.2, 0.25) is 0 Å². The van der Waals surface area contributed by atoms with E-state index in [1.54, 1.807) is 0 Å². The van der Waals surface area contributed by atoms with Gasteiger partial charge in [-0.25, -0.2) is 0 Å². The molecule has 0 aliphatic heterocycles. The molecule has 0 spiro atoms. The van der Waals surface area contributed by atoms with E-state index in [9.17, 15) is 0 Å². The van der Waals surface area contributed by atoms with Crippen LogP contribution in [0.4, 0.5) is 0 Å². The molecule has 1 aromatic heterocycles. The van der Waals surface area contributed by atoms with Crippen molar-refractivity contribution in [3.05, 3.63) is 5.82 Å². The molecule has 0 bridgehead atoms. The normalized spacial score (nSPS) is 12.0. The van der Waals surface area contributed by atoms with E-state index >= 15 is 0 Å². The summed E-state index contributed by atoms with van der Waals surface area (Å²) >= 11 is 16.4. The van der Waals surface area contributed by atoms with E-state index in [1.165, 1.54) is 0 Å². The maximum atomic E-state index is 5.46. The van der Waals surface area contributed by atoms with Crippen LogP contribution in [0, 0.1) is 0 Å². The van der Waals surface area contributed by atoms with Crippen molar-refractivity contribution < 1.29 is 0 Å². The van der Waals surface area contributed by atoms with Gasteiger partial charge in [0, 0.05) is 6.42 Å². The Bertz CT molecular complexity index is 240. The highest BCUT2D eigenvalue weighted by Gasteiger charge is 2.25. The van der Waals surface area contributed by atoms with Gasteiger partial charge in [0.15, 0.2) is 5.82 Å². The molecule has 11 heavy (non-hydrogen) atoms. The van der Waals surface area contributed by atoms with Crippen LogP contribution in [0.5, 0.6) is 0 Å². The van der Waals surface area contributed by atoms with Gasteiger partial charge in [-0.1, -0.05) is 41.7 Å². The summed E-state index contributed by atoms with van der Waals surface area (Å²) < 4.78 is -1.64. The molecule has 0 unspecified atom stereocenters. The molecule has 0 radical (unpaired) electrons. The minimum absolute atomic E-state index is 0.552. The minimum Gasteiger partial charge on any atom is -0.132 e. The first kappa shape index (κ1) is 9.03. The second-order valence-electron chi connectivity index (χ2n) is 1.82. The lowest BCUT2D eigenvalue weighted by atomic mass is 10.5. The van der Waals surface area contributed by atoms with E-state index in [2.05, 4.69) is 15.4 Å². The summed E-state index contributed by atoms with van der Waals surface area (Å²) in [5, 5.41) is 11.0. The van der Waals surface area contributed by atoms with E-state index in [1.807, 2.05) is 6.92 Å². The molecule has 1 rings (SSSR count). The van der Waals surface area contributed by atoms with E-state index in [0.717, 1.165) is 4.80 Å². The zero-order chi connectivity index (χ0) is 8.48. The zero-order valence-electron chi connectivity index (χ0n) is 5.63. The van der Waals surface area contributed by atoms with Gasteiger partial charge in [0.1, 0.15) is 0 Å². The molecule has 0 saturated heterocycles. The summed E-state index contributed by atoms with van der Waals surface area (Å²) in [4.78, 5) is 0.941. The van der Waals surface area contributed by atoms with Crippen molar-refractivity contribution in [1.29, 1.82) is 0 Å². The Kier molecular flexibility index (Phi) is 2.57. The number of alkyl halides is 3. The summed E-state index contributed by atoms with van der Waals surface area (Å²) in [6, 6.07) is 0. The third-order valence-electron chi connectivity index (χ3n) is 0.998. The number of aromatic nitrogens is 4. The topological polar surface area (TPSA) is 43.6 Å². The van der Waals surface area contributed by atoms with Crippen LogP contribution in [0.25, 0.3) is 0 Å². The van der Waals surface area contributed by atoms with Crippen molar-refractivity contribution in [1.82, 2.24) is 20.2 Å². The average Bonchev–Trinajstić information content (AvgIpc) is 2.32. The number of aryl methyl sites for hydroxylation is 1. The van der Waals surface area contributed by atoms with E-state index < -0.39 is 3.92 Å². The standard InChI is InChI=1S/C4H5Cl3N4/c1-2-3-8-10-11(9-3)4(5,6)7/h2H2,1H3. The van der Waals surface area contributed by atoms with Crippen molar-refractivity contribution >= 4 is 34.8 Å². The maximum Gasteiger partial charge on any atom is 0.305 e. The predicted molar refractivity (Wildman–Crippen MR) is 42.7 cm³/mol. The molecular weight excluding hydrogens is 210 g/mol. The van der Waals surface area contributed by atoms with Crippen LogP contribution < -0.4 is 0 Å². The molecule has 1 aromatic rings. The van der Waals surface area contributed by atoms with Gasteiger partial charge in [-0.3, -0.25) is 0 Å². The molecule has 0 saturated carbocycles. The fourth-order valence-corrected chi connectivity index (χ4v) is 0.707. The van der Waals surface area contributed by atoms with Crippen LogP contribution in [0.1, 0.15) is 12.7 Å². The lowest BCUT2D eigenvalue weighted by Crippen LogP contribution is -2.16. The molecular formula is C4H5Cl3N4. The Morgan fingerprint density at radius 1 is 1.45 bits per heavy atom. The van der Waals surface area contributed by atoms with Gasteiger partial charge in [0.05, 0.1) is 0 Å². The van der Waals surface area contributed by atoms with Crippen LogP contribution in [0.2, 0.25) is 0 Å². The average molecular weight is 215 g/mol. The van der Waals surface area contributed by atoms with Crippen LogP contribution in [0.3, 0.4) is 0 Å². The maximum absolute atomic E-state index is 5.46. The second kappa shape index (κ2) is 3.13. The molecule has 0 aliphatic carbocycles. The van der Waals surface area contributed by atoms with Gasteiger partial charge in [-0.15, -0.1) is 15.0 Å². The highest BCUT2D eigenvalue weighted by atomic mass is 35.6. The SMILES string of the molecule is CCc1nnn(C(Cl)(Cl)Cl)n1. The van der Waals surface area contributed by atoms with Gasteiger partial charge >= 0.3 is 3.92 Å². The van der Waals surface area contributed by atoms with E-state index in [0.29, 0.717) is 12.2 Å². The number of tetrazole rings is 1. The first-order valence-electron chi connectivity index (χ1n) is 2.90. The first-order valence-corrected chi connectivity index (χ1v) is 4.03. The van der Waals surface area contributed by atoms with Crippen LogP contribution >= 0.6 is 34.8 Å². The lowest BCUT2D eigenvalue weighted by Gasteiger charge is -2.05. The molecule has 1 heterocycles. The third-order valence-corrected chi connectivity index (χ3v) is 1.45.